The number of hydrogen-bond acceptors (Lipinski definition) is 3. The number of rotatable bonds is 14. The standard InChI is InChI=1S/C19H32O4S/c1-2-3-4-5-6-7-8-9-10-14-17-19(23-24(20,21)22)18-15-12-11-13-16-18/h11-13,15-16,19H,2-10,14,17H2,1H3,(H,20,21,22). The summed E-state index contributed by atoms with van der Waals surface area (Å²) >= 11 is 0. The molecule has 0 saturated carbocycles. The zero-order chi connectivity index (χ0) is 17.7. The predicted octanol–water partition coefficient (Wildman–Crippen LogP) is 5.86. The minimum absolute atomic E-state index is 0.598. The fourth-order valence-electron chi connectivity index (χ4n) is 2.90. The van der Waals surface area contributed by atoms with Gasteiger partial charge in [-0.05, 0) is 12.0 Å². The van der Waals surface area contributed by atoms with Crippen molar-refractivity contribution in [3.8, 4) is 0 Å². The lowest BCUT2D eigenvalue weighted by molar-refractivity contribution is 0.171. The van der Waals surface area contributed by atoms with Gasteiger partial charge in [0.15, 0.2) is 0 Å². The zero-order valence-electron chi connectivity index (χ0n) is 14.8. The van der Waals surface area contributed by atoms with Crippen LogP contribution in [0.5, 0.6) is 0 Å². The molecule has 0 aliphatic carbocycles. The van der Waals surface area contributed by atoms with Crippen LogP contribution in [0.1, 0.15) is 89.2 Å². The van der Waals surface area contributed by atoms with E-state index in [1.165, 1.54) is 51.4 Å². The van der Waals surface area contributed by atoms with E-state index < -0.39 is 16.5 Å². The Hall–Kier alpha value is -0.910. The van der Waals surface area contributed by atoms with Gasteiger partial charge in [-0.1, -0.05) is 101 Å². The minimum Gasteiger partial charge on any atom is -0.264 e. The fourth-order valence-corrected chi connectivity index (χ4v) is 3.40. The lowest BCUT2D eigenvalue weighted by atomic mass is 10.0. The summed E-state index contributed by atoms with van der Waals surface area (Å²) in [5, 5.41) is 0. The highest BCUT2D eigenvalue weighted by Gasteiger charge is 2.18. The Bertz CT molecular complexity index is 513. The summed E-state index contributed by atoms with van der Waals surface area (Å²) in [6, 6.07) is 9.20. The van der Waals surface area contributed by atoms with Crippen molar-refractivity contribution in [2.75, 3.05) is 0 Å². The first-order chi connectivity index (χ1) is 11.5. The van der Waals surface area contributed by atoms with Crippen LogP contribution < -0.4 is 0 Å². The van der Waals surface area contributed by atoms with Crippen molar-refractivity contribution in [3.63, 3.8) is 0 Å². The summed E-state index contributed by atoms with van der Waals surface area (Å²) in [6.45, 7) is 2.23. The predicted molar refractivity (Wildman–Crippen MR) is 98.3 cm³/mol. The molecule has 0 fully saturated rings. The maximum absolute atomic E-state index is 11.0. The molecule has 1 unspecified atom stereocenters. The second kappa shape index (κ2) is 12.5. The second-order valence-corrected chi connectivity index (χ2v) is 7.44. The molecule has 0 aliphatic rings. The molecule has 24 heavy (non-hydrogen) atoms. The van der Waals surface area contributed by atoms with Gasteiger partial charge >= 0.3 is 10.4 Å². The van der Waals surface area contributed by atoms with Crippen LogP contribution in [-0.4, -0.2) is 13.0 Å². The third-order valence-corrected chi connectivity index (χ3v) is 4.70. The molecule has 0 aromatic heterocycles. The van der Waals surface area contributed by atoms with Crippen LogP contribution >= 0.6 is 0 Å². The molecule has 1 aromatic carbocycles. The van der Waals surface area contributed by atoms with Crippen LogP contribution in [0.3, 0.4) is 0 Å². The van der Waals surface area contributed by atoms with Crippen LogP contribution in [0, 0.1) is 0 Å². The Morgan fingerprint density at radius 2 is 1.38 bits per heavy atom. The van der Waals surface area contributed by atoms with Gasteiger partial charge in [-0.25, -0.2) is 4.18 Å². The van der Waals surface area contributed by atoms with Gasteiger partial charge in [0, 0.05) is 0 Å². The minimum atomic E-state index is -4.43. The van der Waals surface area contributed by atoms with E-state index in [0.29, 0.717) is 6.42 Å². The van der Waals surface area contributed by atoms with Crippen LogP contribution in [0.15, 0.2) is 30.3 Å². The van der Waals surface area contributed by atoms with E-state index in [0.717, 1.165) is 18.4 Å². The Morgan fingerprint density at radius 3 is 1.88 bits per heavy atom. The van der Waals surface area contributed by atoms with Crippen molar-refractivity contribution < 1.29 is 17.2 Å². The average Bonchev–Trinajstić information content (AvgIpc) is 2.55. The van der Waals surface area contributed by atoms with E-state index in [4.69, 9.17) is 8.74 Å². The summed E-state index contributed by atoms with van der Waals surface area (Å²) in [7, 11) is -4.43. The quantitative estimate of drug-likeness (QED) is 0.335. The molecular formula is C19H32O4S. The third kappa shape index (κ3) is 10.8. The van der Waals surface area contributed by atoms with E-state index in [9.17, 15) is 8.42 Å². The zero-order valence-corrected chi connectivity index (χ0v) is 15.6. The van der Waals surface area contributed by atoms with Crippen molar-refractivity contribution >= 4 is 10.4 Å². The summed E-state index contributed by atoms with van der Waals surface area (Å²) in [5.41, 5.74) is 0.783. The largest absolute Gasteiger partial charge is 0.397 e. The van der Waals surface area contributed by atoms with E-state index in [1.807, 2.05) is 30.3 Å². The van der Waals surface area contributed by atoms with Crippen molar-refractivity contribution in [3.05, 3.63) is 35.9 Å². The summed E-state index contributed by atoms with van der Waals surface area (Å²) in [6.07, 6.45) is 12.3. The smallest absolute Gasteiger partial charge is 0.264 e. The first kappa shape index (κ1) is 21.1. The topological polar surface area (TPSA) is 63.6 Å². The van der Waals surface area contributed by atoms with Crippen LogP contribution in [0.4, 0.5) is 0 Å². The van der Waals surface area contributed by atoms with Gasteiger partial charge in [-0.3, -0.25) is 4.55 Å². The molecule has 4 nitrogen and oxygen atoms in total. The first-order valence-corrected chi connectivity index (χ1v) is 10.6. The highest BCUT2D eigenvalue weighted by Crippen LogP contribution is 2.25. The van der Waals surface area contributed by atoms with Gasteiger partial charge in [0.05, 0.1) is 0 Å². The van der Waals surface area contributed by atoms with Crippen LogP contribution in [-0.2, 0) is 14.6 Å². The van der Waals surface area contributed by atoms with Gasteiger partial charge in [0.2, 0.25) is 0 Å². The SMILES string of the molecule is CCCCCCCCCCCCC(OS(=O)(=O)O)c1ccccc1. The van der Waals surface area contributed by atoms with E-state index in [-0.39, 0.29) is 0 Å². The molecule has 0 radical (unpaired) electrons. The highest BCUT2D eigenvalue weighted by atomic mass is 32.3. The molecule has 0 spiro atoms. The Kier molecular flexibility index (Phi) is 11.0. The van der Waals surface area contributed by atoms with Gasteiger partial charge in [-0.2, -0.15) is 8.42 Å². The summed E-state index contributed by atoms with van der Waals surface area (Å²) < 4.78 is 35.9. The van der Waals surface area contributed by atoms with Gasteiger partial charge < -0.3 is 0 Å². The summed E-state index contributed by atoms with van der Waals surface area (Å²) in [4.78, 5) is 0. The van der Waals surface area contributed by atoms with Gasteiger partial charge in [-0.15, -0.1) is 0 Å². The Balaban J connectivity index is 2.21. The van der Waals surface area contributed by atoms with Crippen molar-refractivity contribution in [2.24, 2.45) is 0 Å². The molecule has 1 N–H and O–H groups in total. The van der Waals surface area contributed by atoms with Crippen LogP contribution in [0.2, 0.25) is 0 Å². The first-order valence-electron chi connectivity index (χ1n) is 9.23. The maximum Gasteiger partial charge on any atom is 0.397 e. The average molecular weight is 357 g/mol. The van der Waals surface area contributed by atoms with E-state index in [2.05, 4.69) is 6.92 Å². The van der Waals surface area contributed by atoms with Crippen molar-refractivity contribution in [2.45, 2.75) is 83.7 Å². The molecule has 1 rings (SSSR count). The summed E-state index contributed by atoms with van der Waals surface area (Å²) in [5.74, 6) is 0. The molecule has 0 aliphatic heterocycles. The third-order valence-electron chi connectivity index (χ3n) is 4.23. The molecule has 0 amide bonds. The molecule has 138 valence electrons. The highest BCUT2D eigenvalue weighted by molar-refractivity contribution is 7.80. The number of hydrogen-bond donors (Lipinski definition) is 1. The molecule has 5 heteroatoms. The molecular weight excluding hydrogens is 324 g/mol. The fraction of sp³-hybridized carbons (Fsp3) is 0.684. The monoisotopic (exact) mass is 356 g/mol. The van der Waals surface area contributed by atoms with Gasteiger partial charge in [0.25, 0.3) is 0 Å². The van der Waals surface area contributed by atoms with E-state index in [1.54, 1.807) is 0 Å². The second-order valence-electron chi connectivity index (χ2n) is 6.39. The molecule has 1 atom stereocenters. The van der Waals surface area contributed by atoms with E-state index >= 15 is 0 Å². The Morgan fingerprint density at radius 1 is 0.875 bits per heavy atom. The molecule has 0 saturated heterocycles. The van der Waals surface area contributed by atoms with Gasteiger partial charge in [0.1, 0.15) is 6.10 Å². The van der Waals surface area contributed by atoms with Crippen molar-refractivity contribution in [1.29, 1.82) is 0 Å². The number of unbranched alkanes of at least 4 members (excludes halogenated alkanes) is 9. The molecule has 0 heterocycles. The Labute approximate surface area is 147 Å². The molecule has 0 bridgehead atoms. The lowest BCUT2D eigenvalue weighted by Gasteiger charge is -2.15. The molecule has 1 aromatic rings. The maximum atomic E-state index is 11.0. The van der Waals surface area contributed by atoms with Crippen LogP contribution in [0.25, 0.3) is 0 Å². The number of benzene rings is 1. The lowest BCUT2D eigenvalue weighted by Crippen LogP contribution is -2.11. The normalized spacial score (nSPS) is 13.1. The van der Waals surface area contributed by atoms with Crippen molar-refractivity contribution in [1.82, 2.24) is 0 Å².